The number of hydrogen-bond donors (Lipinski definition) is 2. The molecule has 128 valence electrons. The van der Waals surface area contributed by atoms with Crippen LogP contribution in [0.5, 0.6) is 5.75 Å². The molecule has 4 aromatic rings. The molecule has 0 saturated carbocycles. The molecule has 7 heteroatoms. The van der Waals surface area contributed by atoms with Crippen molar-refractivity contribution in [2.75, 3.05) is 7.11 Å². The van der Waals surface area contributed by atoms with Gasteiger partial charge in [-0.2, -0.15) is 0 Å². The molecule has 2 aromatic carbocycles. The number of ether oxygens (including phenoxy) is 1. The minimum absolute atomic E-state index is 0.172. The second-order valence-electron chi connectivity index (χ2n) is 6.15. The molecule has 0 spiro atoms. The number of benzene rings is 2. The summed E-state index contributed by atoms with van der Waals surface area (Å²) >= 11 is 0. The maximum absolute atomic E-state index is 12.4. The fourth-order valence-electron chi connectivity index (χ4n) is 2.98. The fourth-order valence-corrected chi connectivity index (χ4v) is 2.98. The van der Waals surface area contributed by atoms with Gasteiger partial charge in [-0.1, -0.05) is 29.7 Å². The van der Waals surface area contributed by atoms with Crippen LogP contribution >= 0.6 is 0 Å². The predicted octanol–water partition coefficient (Wildman–Crippen LogP) is 1.71. The van der Waals surface area contributed by atoms with Crippen LogP contribution in [0.25, 0.3) is 22.1 Å². The highest BCUT2D eigenvalue weighted by Crippen LogP contribution is 2.25. The molecule has 6 nitrogen and oxygen atoms in total. The van der Waals surface area contributed by atoms with E-state index in [0.29, 0.717) is 34.2 Å². The van der Waals surface area contributed by atoms with Crippen LogP contribution in [0.2, 0.25) is 0 Å². The van der Waals surface area contributed by atoms with Gasteiger partial charge in [0.15, 0.2) is 0 Å². The van der Waals surface area contributed by atoms with Crippen molar-refractivity contribution in [2.24, 2.45) is 5.73 Å². The third kappa shape index (κ3) is 2.86. The molecule has 3 N–H and O–H groups in total. The van der Waals surface area contributed by atoms with Gasteiger partial charge in [-0.05, 0) is 30.2 Å². The summed E-state index contributed by atoms with van der Waals surface area (Å²) in [5, 5.41) is 0.698. The molecule has 0 amide bonds. The molecule has 1 unspecified atom stereocenters. The average Bonchev–Trinajstić information content (AvgIpc) is 3.01. The second kappa shape index (κ2) is 6.35. The molecule has 2 radical (unpaired) electrons. The van der Waals surface area contributed by atoms with Crippen LogP contribution in [0, 0.1) is 0 Å². The number of nitrogens with one attached hydrogen (secondary N) is 1. The number of aromatic amines is 1. The van der Waals surface area contributed by atoms with Crippen molar-refractivity contribution >= 4 is 35.4 Å². The Balaban J connectivity index is 1.74. The topological polar surface area (TPSA) is 94.1 Å². The summed E-state index contributed by atoms with van der Waals surface area (Å²) in [5.41, 5.74) is 8.72. The van der Waals surface area contributed by atoms with Crippen molar-refractivity contribution in [2.45, 2.75) is 12.5 Å². The number of rotatable bonds is 4. The van der Waals surface area contributed by atoms with E-state index >= 15 is 0 Å². The third-order valence-corrected chi connectivity index (χ3v) is 4.33. The Labute approximate surface area is 150 Å². The molecule has 26 heavy (non-hydrogen) atoms. The normalized spacial score (nSPS) is 12.5. The fraction of sp³-hybridized carbons (Fsp3) is 0.158. The summed E-state index contributed by atoms with van der Waals surface area (Å²) in [5.74, 6) is 1.18. The number of aromatic nitrogens is 2. The van der Waals surface area contributed by atoms with Crippen molar-refractivity contribution in [3.05, 3.63) is 64.2 Å². The largest absolute Gasteiger partial charge is 0.497 e. The van der Waals surface area contributed by atoms with Crippen LogP contribution in [0.1, 0.15) is 17.4 Å². The number of methoxy groups -OCH3 is 1. The van der Waals surface area contributed by atoms with E-state index in [2.05, 4.69) is 9.97 Å². The van der Waals surface area contributed by atoms with Crippen molar-refractivity contribution in [1.29, 1.82) is 0 Å². The second-order valence-corrected chi connectivity index (χ2v) is 6.15. The Morgan fingerprint density at radius 1 is 1.27 bits per heavy atom. The van der Waals surface area contributed by atoms with Gasteiger partial charge in [-0.3, -0.25) is 4.79 Å². The summed E-state index contributed by atoms with van der Waals surface area (Å²) < 4.78 is 10.8. The van der Waals surface area contributed by atoms with Crippen LogP contribution in [-0.2, 0) is 6.42 Å². The lowest BCUT2D eigenvalue weighted by molar-refractivity contribution is 0.414. The lowest BCUT2D eigenvalue weighted by atomic mass is 9.95. The summed E-state index contributed by atoms with van der Waals surface area (Å²) in [6.07, 6.45) is 0.524. The molecular formula is C19H16BN3O3. The molecule has 0 saturated heterocycles. The standard InChI is InChI=1S/C19H16BN3O3/c1-25-12-5-2-10(3-6-12)8-14(21)18-22-16-13-9-11(20)4-7-15(13)26-17(16)19(24)23-18/h2-7,9,14H,8,21H2,1H3,(H,22,23,24). The average molecular weight is 345 g/mol. The van der Waals surface area contributed by atoms with Crippen molar-refractivity contribution in [3.8, 4) is 5.75 Å². The molecule has 0 aliphatic rings. The van der Waals surface area contributed by atoms with E-state index in [1.54, 1.807) is 25.3 Å². The zero-order chi connectivity index (χ0) is 18.3. The Morgan fingerprint density at radius 3 is 2.77 bits per heavy atom. The summed E-state index contributed by atoms with van der Waals surface area (Å²) in [7, 11) is 7.46. The lowest BCUT2D eigenvalue weighted by Crippen LogP contribution is -2.21. The Morgan fingerprint density at radius 2 is 2.04 bits per heavy atom. The summed E-state index contributed by atoms with van der Waals surface area (Å²) in [6, 6.07) is 12.3. The highest BCUT2D eigenvalue weighted by Gasteiger charge is 2.17. The minimum Gasteiger partial charge on any atom is -0.497 e. The summed E-state index contributed by atoms with van der Waals surface area (Å²) in [6.45, 7) is 0. The van der Waals surface area contributed by atoms with Crippen molar-refractivity contribution in [3.63, 3.8) is 0 Å². The highest BCUT2D eigenvalue weighted by atomic mass is 16.5. The molecule has 1 atom stereocenters. The van der Waals surface area contributed by atoms with Crippen molar-refractivity contribution < 1.29 is 9.15 Å². The van der Waals surface area contributed by atoms with E-state index in [-0.39, 0.29) is 11.1 Å². The van der Waals surface area contributed by atoms with Gasteiger partial charge in [0.25, 0.3) is 5.56 Å². The highest BCUT2D eigenvalue weighted by molar-refractivity contribution is 6.33. The van der Waals surface area contributed by atoms with E-state index in [1.165, 1.54) is 0 Å². The quantitative estimate of drug-likeness (QED) is 0.549. The Kier molecular flexibility index (Phi) is 4.01. The minimum atomic E-state index is -0.466. The predicted molar refractivity (Wildman–Crippen MR) is 101 cm³/mol. The van der Waals surface area contributed by atoms with E-state index in [0.717, 1.165) is 11.3 Å². The van der Waals surface area contributed by atoms with Crippen molar-refractivity contribution in [1.82, 2.24) is 9.97 Å². The molecule has 0 aliphatic heterocycles. The SMILES string of the molecule is [B]c1ccc2oc3c(=O)[nH]c(C(N)Cc4ccc(OC)cc4)nc3c2c1. The van der Waals surface area contributed by atoms with Crippen LogP contribution in [0.3, 0.4) is 0 Å². The van der Waals surface area contributed by atoms with Crippen LogP contribution in [-0.4, -0.2) is 24.9 Å². The van der Waals surface area contributed by atoms with Gasteiger partial charge < -0.3 is 19.9 Å². The first-order chi connectivity index (χ1) is 12.5. The smallest absolute Gasteiger partial charge is 0.294 e. The molecule has 0 bridgehead atoms. The zero-order valence-corrected chi connectivity index (χ0v) is 14.2. The van der Waals surface area contributed by atoms with Crippen LogP contribution in [0.4, 0.5) is 0 Å². The van der Waals surface area contributed by atoms with Gasteiger partial charge in [0.05, 0.1) is 13.2 Å². The Hall–Kier alpha value is -3.06. The molecule has 0 aliphatic carbocycles. The molecule has 2 aromatic heterocycles. The van der Waals surface area contributed by atoms with E-state index < -0.39 is 6.04 Å². The van der Waals surface area contributed by atoms with E-state index in [9.17, 15) is 4.79 Å². The van der Waals surface area contributed by atoms with E-state index in [1.807, 2.05) is 24.3 Å². The molecular weight excluding hydrogens is 329 g/mol. The van der Waals surface area contributed by atoms with Gasteiger partial charge in [0.2, 0.25) is 5.58 Å². The first kappa shape index (κ1) is 16.4. The lowest BCUT2D eigenvalue weighted by Gasteiger charge is -2.11. The van der Waals surface area contributed by atoms with Gasteiger partial charge >= 0.3 is 0 Å². The summed E-state index contributed by atoms with van der Waals surface area (Å²) in [4.78, 5) is 19.7. The van der Waals surface area contributed by atoms with Gasteiger partial charge in [0.1, 0.15) is 30.5 Å². The first-order valence-corrected chi connectivity index (χ1v) is 8.15. The zero-order valence-electron chi connectivity index (χ0n) is 14.2. The van der Waals surface area contributed by atoms with Crippen LogP contribution < -0.4 is 21.5 Å². The maximum Gasteiger partial charge on any atom is 0.294 e. The van der Waals surface area contributed by atoms with Gasteiger partial charge in [0, 0.05) is 5.39 Å². The number of hydrogen-bond acceptors (Lipinski definition) is 5. The number of nitrogens with zero attached hydrogens (tertiary/aromatic N) is 1. The molecule has 4 rings (SSSR count). The first-order valence-electron chi connectivity index (χ1n) is 8.15. The van der Waals surface area contributed by atoms with E-state index in [4.69, 9.17) is 22.7 Å². The molecule has 0 fully saturated rings. The Bertz CT molecular complexity index is 1150. The monoisotopic (exact) mass is 345 g/mol. The number of nitrogens with two attached hydrogens (primary N) is 1. The third-order valence-electron chi connectivity index (χ3n) is 4.33. The maximum atomic E-state index is 12.4. The number of H-pyrrole nitrogens is 1. The van der Waals surface area contributed by atoms with Crippen LogP contribution in [0.15, 0.2) is 51.7 Å². The number of fused-ring (bicyclic) bond motifs is 3. The van der Waals surface area contributed by atoms with Gasteiger partial charge in [-0.25, -0.2) is 4.98 Å². The molecule has 2 heterocycles. The van der Waals surface area contributed by atoms with Gasteiger partial charge in [-0.15, -0.1) is 0 Å². The number of furan rings is 1.